The van der Waals surface area contributed by atoms with Crippen LogP contribution in [-0.2, 0) is 0 Å². The minimum absolute atomic E-state index is 0.395. The van der Waals surface area contributed by atoms with Crippen molar-refractivity contribution >= 4 is 76.3 Å². The zero-order valence-electron chi connectivity index (χ0n) is 23.1. The van der Waals surface area contributed by atoms with Crippen molar-refractivity contribution in [3.8, 4) is 39.0 Å². The second-order valence-electron chi connectivity index (χ2n) is 10.4. The highest BCUT2D eigenvalue weighted by atomic mass is 32.1. The Labute approximate surface area is 264 Å². The summed E-state index contributed by atoms with van der Waals surface area (Å²) >= 11 is 3.16. The third kappa shape index (κ3) is 4.28. The van der Waals surface area contributed by atoms with E-state index in [9.17, 15) is 10.5 Å². The van der Waals surface area contributed by atoms with Crippen LogP contribution >= 0.6 is 22.7 Å². The van der Waals surface area contributed by atoms with Crippen LogP contribution in [-0.4, -0.2) is 14.5 Å². The zero-order chi connectivity index (χ0) is 30.7. The van der Waals surface area contributed by atoms with Gasteiger partial charge in [-0.05, 0) is 78.9 Å². The molecule has 0 fully saturated rings. The first-order valence-electron chi connectivity index (χ1n) is 13.7. The van der Waals surface area contributed by atoms with Crippen molar-refractivity contribution in [1.29, 1.82) is 10.5 Å². The third-order valence-corrected chi connectivity index (χ3v) is 9.87. The topological polar surface area (TPSA) is 87.0 Å². The van der Waals surface area contributed by atoms with Gasteiger partial charge in [-0.3, -0.25) is 0 Å². The molecule has 0 aliphatic carbocycles. The average Bonchev–Trinajstić information content (AvgIpc) is 3.80. The minimum Gasteiger partial charge on any atom is -0.310 e. The summed E-state index contributed by atoms with van der Waals surface area (Å²) in [5.74, 6) is 0. The number of fused-ring (bicyclic) bond motifs is 5. The maximum atomic E-state index is 9.71. The predicted octanol–water partition coefficient (Wildman–Crippen LogP) is 10.2. The summed E-state index contributed by atoms with van der Waals surface area (Å²) in [4.78, 5) is 16.9. The number of hydrogen-bond donors (Lipinski definition) is 0. The van der Waals surface area contributed by atoms with E-state index in [0.29, 0.717) is 22.5 Å². The van der Waals surface area contributed by atoms with Gasteiger partial charge < -0.3 is 4.57 Å². The van der Waals surface area contributed by atoms with Crippen LogP contribution in [0.15, 0.2) is 91.0 Å². The molecule has 45 heavy (non-hydrogen) atoms. The van der Waals surface area contributed by atoms with Gasteiger partial charge in [-0.2, -0.15) is 10.5 Å². The lowest BCUT2D eigenvalue weighted by molar-refractivity contribution is 1.18. The van der Waals surface area contributed by atoms with Crippen molar-refractivity contribution in [2.75, 3.05) is 0 Å². The quantitative estimate of drug-likeness (QED) is 0.187. The second kappa shape index (κ2) is 10.1. The molecular weight excluding hydrogens is 595 g/mol. The number of benzene rings is 5. The summed E-state index contributed by atoms with van der Waals surface area (Å²) in [5.41, 5.74) is 8.02. The lowest BCUT2D eigenvalue weighted by Gasteiger charge is -2.09. The van der Waals surface area contributed by atoms with Crippen molar-refractivity contribution in [3.05, 3.63) is 125 Å². The van der Waals surface area contributed by atoms with E-state index in [-0.39, 0.29) is 0 Å². The predicted molar refractivity (Wildman–Crippen MR) is 180 cm³/mol. The van der Waals surface area contributed by atoms with Gasteiger partial charge in [-0.25, -0.2) is 19.7 Å². The standard InChI is InChI=1S/C36H15N7S2/c1-39-24-6-10-34-30(17-24)42-36(45-34)23-5-8-32-28(15-23)27-14-22(35-41-29-13-20(18-37)3-9-33(29)44-35)4-7-31(27)43(32)26-12-21(19-38)11-25(16-26)40-2/h3-17H. The molecule has 0 aliphatic heterocycles. The molecule has 0 saturated carbocycles. The van der Waals surface area contributed by atoms with E-state index >= 15 is 0 Å². The van der Waals surface area contributed by atoms with E-state index in [1.54, 1.807) is 46.9 Å². The van der Waals surface area contributed by atoms with E-state index in [1.807, 2.05) is 42.5 Å². The van der Waals surface area contributed by atoms with Crippen LogP contribution in [0.4, 0.5) is 11.4 Å². The van der Waals surface area contributed by atoms with Crippen LogP contribution in [0.3, 0.4) is 0 Å². The van der Waals surface area contributed by atoms with E-state index < -0.39 is 0 Å². The summed E-state index contributed by atoms with van der Waals surface area (Å²) in [6.07, 6.45) is 0. The highest BCUT2D eigenvalue weighted by Crippen LogP contribution is 2.40. The van der Waals surface area contributed by atoms with Crippen LogP contribution in [0.25, 0.3) is 78.8 Å². The number of aromatic nitrogens is 3. The monoisotopic (exact) mass is 609 g/mol. The van der Waals surface area contributed by atoms with Crippen molar-refractivity contribution in [1.82, 2.24) is 14.5 Å². The van der Waals surface area contributed by atoms with Crippen LogP contribution < -0.4 is 0 Å². The maximum absolute atomic E-state index is 9.71. The Morgan fingerprint density at radius 2 is 1.20 bits per heavy atom. The lowest BCUT2D eigenvalue weighted by atomic mass is 10.1. The van der Waals surface area contributed by atoms with Crippen LogP contribution in [0.2, 0.25) is 0 Å². The fraction of sp³-hybridized carbons (Fsp3) is 0. The van der Waals surface area contributed by atoms with Crippen molar-refractivity contribution in [2.24, 2.45) is 0 Å². The van der Waals surface area contributed by atoms with Crippen molar-refractivity contribution in [3.63, 3.8) is 0 Å². The van der Waals surface area contributed by atoms with E-state index in [1.165, 1.54) is 0 Å². The lowest BCUT2D eigenvalue weighted by Crippen LogP contribution is -1.94. The van der Waals surface area contributed by atoms with Crippen LogP contribution in [0, 0.1) is 35.8 Å². The molecule has 0 aliphatic rings. The third-order valence-electron chi connectivity index (χ3n) is 7.69. The zero-order valence-corrected chi connectivity index (χ0v) is 24.7. The molecule has 0 spiro atoms. The molecular formula is C36H15N7S2. The molecule has 9 heteroatoms. The summed E-state index contributed by atoms with van der Waals surface area (Å²) in [7, 11) is 0. The first-order valence-corrected chi connectivity index (χ1v) is 15.3. The number of nitriles is 2. The first-order chi connectivity index (χ1) is 22.0. The van der Waals surface area contributed by atoms with Crippen molar-refractivity contribution in [2.45, 2.75) is 0 Å². The Balaban J connectivity index is 1.38. The van der Waals surface area contributed by atoms with Crippen LogP contribution in [0.5, 0.6) is 0 Å². The molecule has 206 valence electrons. The number of rotatable bonds is 3. The van der Waals surface area contributed by atoms with Gasteiger partial charge in [0.2, 0.25) is 0 Å². The van der Waals surface area contributed by atoms with Gasteiger partial charge >= 0.3 is 0 Å². The number of nitrogens with zero attached hydrogens (tertiary/aromatic N) is 7. The minimum atomic E-state index is 0.395. The SMILES string of the molecule is [C-]#[N+]c1cc(C#N)cc(-n2c3ccc(-c4nc5cc(C#N)ccc5s4)cc3c3cc(-c4nc5cc([N+]#[C-])ccc5s4)ccc32)c1. The van der Waals surface area contributed by atoms with Crippen LogP contribution in [0.1, 0.15) is 11.1 Å². The fourth-order valence-electron chi connectivity index (χ4n) is 5.65. The summed E-state index contributed by atoms with van der Waals surface area (Å²) in [6, 6.07) is 33.1. The van der Waals surface area contributed by atoms with Gasteiger partial charge in [0.05, 0.1) is 62.3 Å². The van der Waals surface area contributed by atoms with Gasteiger partial charge in [0.25, 0.3) is 0 Å². The van der Waals surface area contributed by atoms with E-state index in [4.69, 9.17) is 23.1 Å². The van der Waals surface area contributed by atoms with E-state index in [2.05, 4.69) is 50.7 Å². The first kappa shape index (κ1) is 26.3. The number of hydrogen-bond acceptors (Lipinski definition) is 6. The summed E-state index contributed by atoms with van der Waals surface area (Å²) in [6.45, 7) is 15.0. The van der Waals surface area contributed by atoms with Gasteiger partial charge in [-0.1, -0.05) is 12.1 Å². The molecule has 8 rings (SSSR count). The molecule has 0 amide bonds. The van der Waals surface area contributed by atoms with E-state index in [0.717, 1.165) is 69.1 Å². The Bertz CT molecular complexity index is 2540. The van der Waals surface area contributed by atoms with Gasteiger partial charge in [0.1, 0.15) is 10.0 Å². The molecule has 0 saturated heterocycles. The number of thiazole rings is 2. The molecule has 3 heterocycles. The van der Waals surface area contributed by atoms with Gasteiger partial charge in [0.15, 0.2) is 11.4 Å². The fourth-order valence-corrected chi connectivity index (χ4v) is 7.53. The molecule has 3 aromatic heterocycles. The summed E-state index contributed by atoms with van der Waals surface area (Å²) < 4.78 is 4.11. The molecule has 0 atom stereocenters. The normalized spacial score (nSPS) is 11.0. The highest BCUT2D eigenvalue weighted by Gasteiger charge is 2.18. The van der Waals surface area contributed by atoms with Gasteiger partial charge in [0, 0.05) is 33.2 Å². The second-order valence-corrected chi connectivity index (χ2v) is 12.4. The summed E-state index contributed by atoms with van der Waals surface area (Å²) in [5, 5.41) is 22.7. The molecule has 8 aromatic rings. The molecule has 0 N–H and O–H groups in total. The van der Waals surface area contributed by atoms with Crippen molar-refractivity contribution < 1.29 is 0 Å². The Kier molecular flexibility index (Phi) is 5.91. The molecule has 5 aromatic carbocycles. The van der Waals surface area contributed by atoms with Gasteiger partial charge in [-0.15, -0.1) is 22.7 Å². The Morgan fingerprint density at radius 3 is 1.80 bits per heavy atom. The molecule has 0 bridgehead atoms. The maximum Gasteiger partial charge on any atom is 0.190 e. The highest BCUT2D eigenvalue weighted by molar-refractivity contribution is 7.22. The largest absolute Gasteiger partial charge is 0.310 e. The Hall–Kier alpha value is -6.36. The molecule has 0 unspecified atom stereocenters. The Morgan fingerprint density at radius 1 is 0.600 bits per heavy atom. The smallest absolute Gasteiger partial charge is 0.190 e. The average molecular weight is 610 g/mol. The molecule has 7 nitrogen and oxygen atoms in total. The molecule has 0 radical (unpaired) electrons.